The Bertz CT molecular complexity index is 929. The first-order valence-corrected chi connectivity index (χ1v) is 9.22. The first kappa shape index (κ1) is 18.7. The van der Waals surface area contributed by atoms with E-state index in [2.05, 4.69) is 10.2 Å². The van der Waals surface area contributed by atoms with E-state index in [1.165, 1.54) is 18.7 Å². The predicted molar refractivity (Wildman–Crippen MR) is 102 cm³/mol. The molecule has 0 saturated carbocycles. The number of para-hydroxylation sites is 1. The third kappa shape index (κ3) is 4.53. The Morgan fingerprint density at radius 2 is 1.70 bits per heavy atom. The first-order chi connectivity index (χ1) is 13.1. The number of rotatable bonds is 7. The number of primary amides is 1. The Morgan fingerprint density at radius 3 is 2.33 bits per heavy atom. The third-order valence-electron chi connectivity index (χ3n) is 3.71. The van der Waals surface area contributed by atoms with E-state index in [1.807, 2.05) is 65.2 Å². The van der Waals surface area contributed by atoms with Gasteiger partial charge in [0.05, 0.1) is 5.75 Å². The van der Waals surface area contributed by atoms with E-state index in [0.29, 0.717) is 11.0 Å². The fraction of sp³-hybridized carbons (Fsp3) is 0.158. The Hall–Kier alpha value is -3.13. The van der Waals surface area contributed by atoms with Crippen LogP contribution < -0.4 is 5.73 Å². The molecular formula is C19H18N4O3S. The second-order valence-corrected chi connectivity index (χ2v) is 6.61. The van der Waals surface area contributed by atoms with Crippen LogP contribution in [0.4, 0.5) is 0 Å². The Kier molecular flexibility index (Phi) is 5.87. The van der Waals surface area contributed by atoms with Crippen LogP contribution in [0.15, 0.2) is 65.8 Å². The summed E-state index contributed by atoms with van der Waals surface area (Å²) in [7, 11) is 0. The van der Waals surface area contributed by atoms with Crippen molar-refractivity contribution in [1.29, 1.82) is 0 Å². The minimum absolute atomic E-state index is 0.0165. The molecule has 27 heavy (non-hydrogen) atoms. The van der Waals surface area contributed by atoms with Crippen LogP contribution >= 0.6 is 11.8 Å². The topological polar surface area (TPSA) is 100 Å². The highest BCUT2D eigenvalue weighted by Crippen LogP contribution is 2.27. The molecule has 0 saturated heterocycles. The number of nitrogens with two attached hydrogens (primary N) is 1. The monoisotopic (exact) mass is 382 g/mol. The number of hydrogen-bond donors (Lipinski definition) is 1. The Morgan fingerprint density at radius 1 is 1.07 bits per heavy atom. The number of carbonyl (C=O) groups excluding carboxylic acids is 2. The summed E-state index contributed by atoms with van der Waals surface area (Å²) in [6.45, 7) is 1.44. The van der Waals surface area contributed by atoms with Crippen molar-refractivity contribution in [2.24, 2.45) is 5.73 Å². The number of carbonyl (C=O) groups is 2. The minimum Gasteiger partial charge on any atom is -0.452 e. The van der Waals surface area contributed by atoms with Gasteiger partial charge >= 0.3 is 5.97 Å². The summed E-state index contributed by atoms with van der Waals surface area (Å²) in [5.41, 5.74) is 6.90. The van der Waals surface area contributed by atoms with Gasteiger partial charge in [-0.05, 0) is 19.1 Å². The zero-order chi connectivity index (χ0) is 19.2. The number of thioether (sulfide) groups is 1. The van der Waals surface area contributed by atoms with Gasteiger partial charge in [0, 0.05) is 11.3 Å². The molecule has 1 heterocycles. The molecular weight excluding hydrogens is 364 g/mol. The summed E-state index contributed by atoms with van der Waals surface area (Å²) in [5, 5.41) is 9.07. The highest BCUT2D eigenvalue weighted by Gasteiger charge is 2.19. The van der Waals surface area contributed by atoms with Crippen LogP contribution in [0.2, 0.25) is 0 Å². The number of hydrogen-bond acceptors (Lipinski definition) is 6. The molecule has 0 aliphatic rings. The maximum atomic E-state index is 11.9. The minimum atomic E-state index is -0.968. The number of esters is 1. The molecule has 1 aromatic heterocycles. The fourth-order valence-corrected chi connectivity index (χ4v) is 3.09. The maximum absolute atomic E-state index is 11.9. The summed E-state index contributed by atoms with van der Waals surface area (Å²) in [4.78, 5) is 23.0. The molecule has 138 valence electrons. The average Bonchev–Trinajstić information content (AvgIpc) is 3.11. The molecule has 0 fully saturated rings. The van der Waals surface area contributed by atoms with Crippen LogP contribution in [0, 0.1) is 0 Å². The van der Waals surface area contributed by atoms with Crippen molar-refractivity contribution < 1.29 is 14.3 Å². The van der Waals surface area contributed by atoms with Crippen LogP contribution in [0.5, 0.6) is 0 Å². The van der Waals surface area contributed by atoms with E-state index in [4.69, 9.17) is 10.5 Å². The van der Waals surface area contributed by atoms with Crippen LogP contribution in [0.3, 0.4) is 0 Å². The number of ether oxygens (including phenoxy) is 1. The third-order valence-corrected chi connectivity index (χ3v) is 4.61. The molecule has 3 aromatic rings. The van der Waals surface area contributed by atoms with Gasteiger partial charge in [0.2, 0.25) is 0 Å². The predicted octanol–water partition coefficient (Wildman–Crippen LogP) is 2.44. The Labute approximate surface area is 160 Å². The van der Waals surface area contributed by atoms with Gasteiger partial charge in [-0.3, -0.25) is 14.2 Å². The standard InChI is InChI=1S/C19H18N4O3S/c1-13(17(20)25)26-16(24)12-27-19-22-21-18(14-8-4-2-5-9-14)23(19)15-10-6-3-7-11-15/h2-11,13H,12H2,1H3,(H2,20,25). The summed E-state index contributed by atoms with van der Waals surface area (Å²) >= 11 is 1.18. The lowest BCUT2D eigenvalue weighted by Gasteiger charge is -2.11. The van der Waals surface area contributed by atoms with Gasteiger partial charge in [-0.25, -0.2) is 0 Å². The highest BCUT2D eigenvalue weighted by atomic mass is 32.2. The van der Waals surface area contributed by atoms with Gasteiger partial charge in [0.25, 0.3) is 5.91 Å². The summed E-state index contributed by atoms with van der Waals surface area (Å²) < 4.78 is 6.86. The van der Waals surface area contributed by atoms with E-state index in [-0.39, 0.29) is 5.75 Å². The molecule has 0 bridgehead atoms. The Balaban J connectivity index is 1.87. The van der Waals surface area contributed by atoms with E-state index in [1.54, 1.807) is 0 Å². The summed E-state index contributed by atoms with van der Waals surface area (Å²) in [6, 6.07) is 19.3. The van der Waals surface area contributed by atoms with Crippen LogP contribution in [0.25, 0.3) is 17.1 Å². The summed E-state index contributed by atoms with van der Waals surface area (Å²) in [6.07, 6.45) is -0.968. The van der Waals surface area contributed by atoms with Crippen LogP contribution in [-0.4, -0.2) is 38.5 Å². The molecule has 1 amide bonds. The van der Waals surface area contributed by atoms with Crippen molar-refractivity contribution in [2.75, 3.05) is 5.75 Å². The lowest BCUT2D eigenvalue weighted by molar-refractivity contribution is -0.151. The normalized spacial score (nSPS) is 11.7. The SMILES string of the molecule is CC(OC(=O)CSc1nnc(-c2ccccc2)n1-c1ccccc1)C(N)=O. The molecule has 0 aliphatic heterocycles. The second-order valence-electron chi connectivity index (χ2n) is 5.67. The maximum Gasteiger partial charge on any atom is 0.317 e. The van der Waals surface area contributed by atoms with Gasteiger partial charge in [0.15, 0.2) is 17.1 Å². The number of benzene rings is 2. The van der Waals surface area contributed by atoms with E-state index >= 15 is 0 Å². The highest BCUT2D eigenvalue weighted by molar-refractivity contribution is 7.99. The molecule has 8 heteroatoms. The zero-order valence-electron chi connectivity index (χ0n) is 14.6. The number of aromatic nitrogens is 3. The van der Waals surface area contributed by atoms with Gasteiger partial charge in [-0.1, -0.05) is 60.3 Å². The number of amides is 1. The molecule has 3 rings (SSSR count). The quantitative estimate of drug-likeness (QED) is 0.498. The van der Waals surface area contributed by atoms with Crippen molar-refractivity contribution in [2.45, 2.75) is 18.2 Å². The van der Waals surface area contributed by atoms with E-state index in [9.17, 15) is 9.59 Å². The van der Waals surface area contributed by atoms with E-state index < -0.39 is 18.0 Å². The molecule has 1 atom stereocenters. The second kappa shape index (κ2) is 8.50. The van der Waals surface area contributed by atoms with Crippen molar-refractivity contribution in [1.82, 2.24) is 14.8 Å². The molecule has 7 nitrogen and oxygen atoms in total. The zero-order valence-corrected chi connectivity index (χ0v) is 15.4. The van der Waals surface area contributed by atoms with Gasteiger partial charge in [-0.15, -0.1) is 10.2 Å². The first-order valence-electron chi connectivity index (χ1n) is 8.24. The number of nitrogens with zero attached hydrogens (tertiary/aromatic N) is 3. The smallest absolute Gasteiger partial charge is 0.317 e. The molecule has 2 aromatic carbocycles. The van der Waals surface area contributed by atoms with Crippen molar-refractivity contribution in [3.63, 3.8) is 0 Å². The van der Waals surface area contributed by atoms with Gasteiger partial charge in [0.1, 0.15) is 0 Å². The molecule has 2 N–H and O–H groups in total. The molecule has 1 unspecified atom stereocenters. The lowest BCUT2D eigenvalue weighted by atomic mass is 10.2. The summed E-state index contributed by atoms with van der Waals surface area (Å²) in [5.74, 6) is -0.581. The fourth-order valence-electron chi connectivity index (χ4n) is 2.36. The lowest BCUT2D eigenvalue weighted by Crippen LogP contribution is -2.31. The van der Waals surface area contributed by atoms with Crippen molar-refractivity contribution >= 4 is 23.6 Å². The van der Waals surface area contributed by atoms with Crippen molar-refractivity contribution in [3.8, 4) is 17.1 Å². The van der Waals surface area contributed by atoms with Crippen LogP contribution in [0.1, 0.15) is 6.92 Å². The molecule has 0 aliphatic carbocycles. The van der Waals surface area contributed by atoms with Gasteiger partial charge < -0.3 is 10.5 Å². The van der Waals surface area contributed by atoms with Crippen molar-refractivity contribution in [3.05, 3.63) is 60.7 Å². The largest absolute Gasteiger partial charge is 0.452 e. The van der Waals surface area contributed by atoms with Gasteiger partial charge in [-0.2, -0.15) is 0 Å². The molecule has 0 radical (unpaired) electrons. The van der Waals surface area contributed by atoms with Crippen LogP contribution in [-0.2, 0) is 14.3 Å². The average molecular weight is 382 g/mol. The molecule has 0 spiro atoms. The van der Waals surface area contributed by atoms with E-state index in [0.717, 1.165) is 11.3 Å².